The van der Waals surface area contributed by atoms with Gasteiger partial charge in [-0.05, 0) is 37.4 Å². The third-order valence-corrected chi connectivity index (χ3v) is 3.94. The number of aromatic nitrogens is 1. The van der Waals surface area contributed by atoms with Gasteiger partial charge in [0.25, 0.3) is 0 Å². The van der Waals surface area contributed by atoms with Gasteiger partial charge in [0.05, 0.1) is 5.02 Å². The molecule has 0 aliphatic carbocycles. The van der Waals surface area contributed by atoms with Gasteiger partial charge in [-0.25, -0.2) is 4.98 Å². The Labute approximate surface area is 128 Å². The monoisotopic (exact) mass is 297 g/mol. The Balaban J connectivity index is 2.80. The lowest BCUT2D eigenvalue weighted by Gasteiger charge is -2.25. The molecule has 1 atom stereocenters. The van der Waals surface area contributed by atoms with Crippen LogP contribution in [-0.2, 0) is 6.54 Å². The van der Waals surface area contributed by atoms with Crippen molar-refractivity contribution in [2.24, 2.45) is 5.92 Å². The molecule has 0 radical (unpaired) electrons. The molecule has 20 heavy (non-hydrogen) atoms. The Morgan fingerprint density at radius 1 is 1.35 bits per heavy atom. The van der Waals surface area contributed by atoms with Crippen LogP contribution in [0.15, 0.2) is 12.3 Å². The van der Waals surface area contributed by atoms with Crippen molar-refractivity contribution in [3.8, 4) is 0 Å². The SMILES string of the molecule is CCCNCc1cc(N(CC)CC(C)CC)ncc1Cl. The van der Waals surface area contributed by atoms with Gasteiger partial charge in [0, 0.05) is 25.8 Å². The maximum Gasteiger partial charge on any atom is 0.128 e. The molecule has 1 N–H and O–H groups in total. The largest absolute Gasteiger partial charge is 0.357 e. The molecule has 1 unspecified atom stereocenters. The minimum atomic E-state index is 0.675. The van der Waals surface area contributed by atoms with Crippen LogP contribution in [0.4, 0.5) is 5.82 Å². The quantitative estimate of drug-likeness (QED) is 0.695. The second kappa shape index (κ2) is 9.19. The highest BCUT2D eigenvalue weighted by Gasteiger charge is 2.11. The summed E-state index contributed by atoms with van der Waals surface area (Å²) in [5.41, 5.74) is 1.13. The predicted molar refractivity (Wildman–Crippen MR) is 88.6 cm³/mol. The van der Waals surface area contributed by atoms with Crippen molar-refractivity contribution < 1.29 is 0 Å². The molecule has 0 bridgehead atoms. The van der Waals surface area contributed by atoms with Crippen LogP contribution in [0.3, 0.4) is 0 Å². The van der Waals surface area contributed by atoms with Crippen LogP contribution >= 0.6 is 11.6 Å². The first-order chi connectivity index (χ1) is 9.62. The Morgan fingerprint density at radius 3 is 2.70 bits per heavy atom. The van der Waals surface area contributed by atoms with Crippen LogP contribution in [-0.4, -0.2) is 24.6 Å². The third kappa shape index (κ3) is 5.29. The van der Waals surface area contributed by atoms with Crippen LogP contribution in [0.2, 0.25) is 5.02 Å². The summed E-state index contributed by atoms with van der Waals surface area (Å²) in [5, 5.41) is 4.14. The summed E-state index contributed by atoms with van der Waals surface area (Å²) in [4.78, 5) is 6.82. The molecular formula is C16H28ClN3. The zero-order valence-electron chi connectivity index (χ0n) is 13.2. The average molecular weight is 298 g/mol. The van der Waals surface area contributed by atoms with Crippen LogP contribution in [0.5, 0.6) is 0 Å². The molecule has 0 amide bonds. The second-order valence-corrected chi connectivity index (χ2v) is 5.77. The normalized spacial score (nSPS) is 12.4. The first-order valence-electron chi connectivity index (χ1n) is 7.72. The van der Waals surface area contributed by atoms with E-state index < -0.39 is 0 Å². The van der Waals surface area contributed by atoms with Crippen molar-refractivity contribution in [3.63, 3.8) is 0 Å². The van der Waals surface area contributed by atoms with E-state index in [9.17, 15) is 0 Å². The topological polar surface area (TPSA) is 28.2 Å². The van der Waals surface area contributed by atoms with Gasteiger partial charge in [-0.2, -0.15) is 0 Å². The predicted octanol–water partition coefficient (Wildman–Crippen LogP) is 4.11. The summed E-state index contributed by atoms with van der Waals surface area (Å²) in [7, 11) is 0. The lowest BCUT2D eigenvalue weighted by molar-refractivity contribution is 0.545. The van der Waals surface area contributed by atoms with E-state index in [0.717, 1.165) is 49.0 Å². The molecule has 1 aromatic rings. The minimum Gasteiger partial charge on any atom is -0.357 e. The van der Waals surface area contributed by atoms with Gasteiger partial charge in [-0.3, -0.25) is 0 Å². The number of anilines is 1. The van der Waals surface area contributed by atoms with E-state index in [1.807, 2.05) is 0 Å². The fourth-order valence-corrected chi connectivity index (χ4v) is 2.24. The molecule has 0 aliphatic rings. The number of nitrogens with zero attached hydrogens (tertiary/aromatic N) is 2. The minimum absolute atomic E-state index is 0.675. The molecule has 4 heteroatoms. The van der Waals surface area contributed by atoms with Gasteiger partial charge < -0.3 is 10.2 Å². The van der Waals surface area contributed by atoms with Crippen molar-refractivity contribution >= 4 is 17.4 Å². The fraction of sp³-hybridized carbons (Fsp3) is 0.688. The Bertz CT molecular complexity index is 395. The summed E-state index contributed by atoms with van der Waals surface area (Å²) in [6.07, 6.45) is 4.10. The molecule has 0 fully saturated rings. The summed E-state index contributed by atoms with van der Waals surface area (Å²) in [6, 6.07) is 2.12. The average Bonchev–Trinajstić information content (AvgIpc) is 2.46. The molecule has 114 valence electrons. The molecule has 3 nitrogen and oxygen atoms in total. The van der Waals surface area contributed by atoms with E-state index in [2.05, 4.69) is 49.0 Å². The van der Waals surface area contributed by atoms with E-state index in [0.29, 0.717) is 5.92 Å². The van der Waals surface area contributed by atoms with Crippen LogP contribution < -0.4 is 10.2 Å². The van der Waals surface area contributed by atoms with Gasteiger partial charge in [-0.15, -0.1) is 0 Å². The Morgan fingerprint density at radius 2 is 2.10 bits per heavy atom. The zero-order chi connectivity index (χ0) is 15.0. The maximum atomic E-state index is 6.24. The van der Waals surface area contributed by atoms with Crippen LogP contribution in [0.25, 0.3) is 0 Å². The van der Waals surface area contributed by atoms with Crippen molar-refractivity contribution in [1.82, 2.24) is 10.3 Å². The first kappa shape index (κ1) is 17.3. The maximum absolute atomic E-state index is 6.24. The zero-order valence-corrected chi connectivity index (χ0v) is 14.0. The number of nitrogens with one attached hydrogen (secondary N) is 1. The van der Waals surface area contributed by atoms with E-state index in [4.69, 9.17) is 11.6 Å². The molecule has 0 aliphatic heterocycles. The summed E-state index contributed by atoms with van der Waals surface area (Å²) in [6.45, 7) is 12.7. The molecule has 0 aromatic carbocycles. The van der Waals surface area contributed by atoms with Gasteiger partial charge >= 0.3 is 0 Å². The van der Waals surface area contributed by atoms with Gasteiger partial charge in [0.15, 0.2) is 0 Å². The highest BCUT2D eigenvalue weighted by Crippen LogP contribution is 2.21. The number of pyridine rings is 1. The van der Waals surface area contributed by atoms with Gasteiger partial charge in [0.2, 0.25) is 0 Å². The number of rotatable bonds is 9. The molecular weight excluding hydrogens is 270 g/mol. The third-order valence-electron chi connectivity index (χ3n) is 3.60. The summed E-state index contributed by atoms with van der Waals surface area (Å²) >= 11 is 6.24. The second-order valence-electron chi connectivity index (χ2n) is 5.36. The molecule has 0 spiro atoms. The number of halogens is 1. The van der Waals surface area contributed by atoms with Crippen LogP contribution in [0.1, 0.15) is 46.1 Å². The van der Waals surface area contributed by atoms with Crippen molar-refractivity contribution in [1.29, 1.82) is 0 Å². The van der Waals surface area contributed by atoms with Gasteiger partial charge in [-0.1, -0.05) is 38.8 Å². The highest BCUT2D eigenvalue weighted by atomic mass is 35.5. The van der Waals surface area contributed by atoms with Crippen LogP contribution in [0, 0.1) is 5.92 Å². The van der Waals surface area contributed by atoms with E-state index >= 15 is 0 Å². The summed E-state index contributed by atoms with van der Waals surface area (Å²) < 4.78 is 0. The molecule has 1 aromatic heterocycles. The highest BCUT2D eigenvalue weighted by molar-refractivity contribution is 6.31. The molecule has 0 saturated carbocycles. The van der Waals surface area contributed by atoms with Gasteiger partial charge in [0.1, 0.15) is 5.82 Å². The van der Waals surface area contributed by atoms with Crippen molar-refractivity contribution in [2.75, 3.05) is 24.5 Å². The first-order valence-corrected chi connectivity index (χ1v) is 8.10. The number of hydrogen-bond donors (Lipinski definition) is 1. The standard InChI is InChI=1S/C16H28ClN3/c1-5-8-18-10-14-9-16(19-11-15(14)17)20(7-3)12-13(4)6-2/h9,11,13,18H,5-8,10,12H2,1-4H3. The van der Waals surface area contributed by atoms with E-state index in [1.165, 1.54) is 6.42 Å². The lowest BCUT2D eigenvalue weighted by Crippen LogP contribution is -2.29. The van der Waals surface area contributed by atoms with Crippen molar-refractivity contribution in [3.05, 3.63) is 22.8 Å². The Kier molecular flexibility index (Phi) is 7.93. The molecule has 1 rings (SSSR count). The Hall–Kier alpha value is -0.800. The fourth-order valence-electron chi connectivity index (χ4n) is 2.07. The smallest absolute Gasteiger partial charge is 0.128 e. The van der Waals surface area contributed by atoms with Crippen molar-refractivity contribution in [2.45, 2.75) is 47.1 Å². The lowest BCUT2D eigenvalue weighted by atomic mass is 10.1. The number of hydrogen-bond acceptors (Lipinski definition) is 3. The molecule has 1 heterocycles. The molecule has 0 saturated heterocycles. The summed E-state index contributed by atoms with van der Waals surface area (Å²) in [5.74, 6) is 1.71. The van der Waals surface area contributed by atoms with E-state index in [1.54, 1.807) is 6.20 Å². The van der Waals surface area contributed by atoms with E-state index in [-0.39, 0.29) is 0 Å².